The molecule has 2 N–H and O–H groups in total. The largest absolute Gasteiger partial charge is 0.500 e. The molecule has 144 valence electrons. The van der Waals surface area contributed by atoms with Crippen molar-refractivity contribution in [3.05, 3.63) is 71.3 Å². The van der Waals surface area contributed by atoms with Crippen LogP contribution in [0.5, 0.6) is 0 Å². The highest BCUT2D eigenvalue weighted by Gasteiger charge is 2.38. The zero-order chi connectivity index (χ0) is 19.7. The summed E-state index contributed by atoms with van der Waals surface area (Å²) in [5, 5.41) is 0. The molecule has 0 saturated carbocycles. The molecule has 0 saturated heterocycles. The summed E-state index contributed by atoms with van der Waals surface area (Å²) in [6.07, 6.45) is 0.693. The lowest BCUT2D eigenvalue weighted by molar-refractivity contribution is 0.0724. The summed E-state index contributed by atoms with van der Waals surface area (Å²) in [5.74, 6) is -0.287. The minimum absolute atomic E-state index is 0.0853. The lowest BCUT2D eigenvalue weighted by Crippen LogP contribution is -2.45. The van der Waals surface area contributed by atoms with Gasteiger partial charge in [-0.25, -0.2) is 0 Å². The summed E-state index contributed by atoms with van der Waals surface area (Å²) in [5.41, 5.74) is 7.13. The molecule has 6 nitrogen and oxygen atoms in total. The summed E-state index contributed by atoms with van der Waals surface area (Å²) >= 11 is 0. The maximum atomic E-state index is 12.4. The third kappa shape index (κ3) is 5.65. The topological polar surface area (TPSA) is 87.8 Å². The van der Waals surface area contributed by atoms with Gasteiger partial charge in [-0.2, -0.15) is 0 Å². The van der Waals surface area contributed by atoms with E-state index in [4.69, 9.17) is 19.0 Å². The molecule has 7 heteroatoms. The molecule has 0 aliphatic heterocycles. The molecule has 2 rings (SSSR count). The fourth-order valence-electron chi connectivity index (χ4n) is 2.62. The van der Waals surface area contributed by atoms with Crippen LogP contribution in [0.3, 0.4) is 0 Å². The quantitative estimate of drug-likeness (QED) is 0.471. The van der Waals surface area contributed by atoms with Crippen LogP contribution in [0.1, 0.15) is 32.7 Å². The smallest absolute Gasteiger partial charge is 0.377 e. The molecule has 0 spiro atoms. The van der Waals surface area contributed by atoms with Crippen LogP contribution in [0.2, 0.25) is 6.04 Å². The van der Waals surface area contributed by atoms with Crippen LogP contribution in [-0.4, -0.2) is 47.7 Å². The molecule has 2 aromatic carbocycles. The van der Waals surface area contributed by atoms with E-state index in [-0.39, 0.29) is 18.2 Å². The Hall–Kier alpha value is -2.16. The van der Waals surface area contributed by atoms with Crippen molar-refractivity contribution in [2.24, 2.45) is 5.73 Å². The van der Waals surface area contributed by atoms with E-state index in [2.05, 4.69) is 0 Å². The van der Waals surface area contributed by atoms with Crippen LogP contribution >= 0.6 is 0 Å². The predicted molar refractivity (Wildman–Crippen MR) is 105 cm³/mol. The van der Waals surface area contributed by atoms with Crippen LogP contribution in [0.4, 0.5) is 0 Å². The summed E-state index contributed by atoms with van der Waals surface area (Å²) in [7, 11) is 0.141. The number of benzene rings is 2. The third-order valence-electron chi connectivity index (χ3n) is 4.24. The fourth-order valence-corrected chi connectivity index (χ4v) is 4.56. The first-order valence-corrected chi connectivity index (χ1v) is 10.7. The lowest BCUT2D eigenvalue weighted by atomic mass is 10.0. The summed E-state index contributed by atoms with van der Waals surface area (Å²) in [4.78, 5) is 24.8. The minimum atomic E-state index is -2.89. The zero-order valence-corrected chi connectivity index (χ0v) is 16.6. The van der Waals surface area contributed by atoms with Crippen molar-refractivity contribution in [2.75, 3.05) is 27.4 Å². The van der Waals surface area contributed by atoms with Gasteiger partial charge in [0.2, 0.25) is 0 Å². The van der Waals surface area contributed by atoms with E-state index in [1.165, 1.54) is 14.2 Å². The van der Waals surface area contributed by atoms with Gasteiger partial charge in [0.1, 0.15) is 6.61 Å². The van der Waals surface area contributed by atoms with Gasteiger partial charge >= 0.3 is 8.80 Å². The number of hydrogen-bond acceptors (Lipinski definition) is 6. The molecule has 2 aromatic rings. The Balaban J connectivity index is 2.02. The highest BCUT2D eigenvalue weighted by molar-refractivity contribution is 6.60. The molecule has 0 unspecified atom stereocenters. The number of rotatable bonds is 11. The van der Waals surface area contributed by atoms with Gasteiger partial charge in [-0.3, -0.25) is 9.59 Å². The van der Waals surface area contributed by atoms with E-state index in [1.54, 1.807) is 36.4 Å². The normalized spacial score (nSPS) is 11.4. The monoisotopic (exact) mass is 387 g/mol. The van der Waals surface area contributed by atoms with Gasteiger partial charge in [0.05, 0.1) is 0 Å². The fraction of sp³-hybridized carbons (Fsp3) is 0.300. The van der Waals surface area contributed by atoms with Gasteiger partial charge in [-0.15, -0.1) is 0 Å². The van der Waals surface area contributed by atoms with Gasteiger partial charge in [0, 0.05) is 37.0 Å². The van der Waals surface area contributed by atoms with Crippen LogP contribution in [0, 0.1) is 0 Å². The van der Waals surface area contributed by atoms with Gasteiger partial charge < -0.3 is 19.0 Å². The molecule has 0 heterocycles. The Morgan fingerprint density at radius 2 is 1.44 bits per heavy atom. The van der Waals surface area contributed by atoms with Crippen LogP contribution in [-0.2, 0) is 13.3 Å². The molecule has 0 aliphatic rings. The molecule has 0 radical (unpaired) electrons. The summed E-state index contributed by atoms with van der Waals surface area (Å²) < 4.78 is 16.5. The highest BCUT2D eigenvalue weighted by atomic mass is 28.4. The average molecular weight is 388 g/mol. The van der Waals surface area contributed by atoms with Crippen molar-refractivity contribution < 1.29 is 22.9 Å². The van der Waals surface area contributed by atoms with Crippen LogP contribution in [0.25, 0.3) is 0 Å². The minimum Gasteiger partial charge on any atom is -0.377 e. The molecular weight excluding hydrogens is 362 g/mol. The van der Waals surface area contributed by atoms with Crippen LogP contribution in [0.15, 0.2) is 54.6 Å². The number of nitrogens with two attached hydrogens (primary N) is 1. The molecular formula is C20H25NO5Si. The van der Waals surface area contributed by atoms with E-state index in [0.717, 1.165) is 0 Å². The first kappa shape index (κ1) is 21.1. The molecule has 0 atom stereocenters. The van der Waals surface area contributed by atoms with Gasteiger partial charge in [-0.05, 0) is 13.0 Å². The highest BCUT2D eigenvalue weighted by Crippen LogP contribution is 2.17. The third-order valence-corrected chi connectivity index (χ3v) is 7.03. The first-order chi connectivity index (χ1) is 13.0. The lowest BCUT2D eigenvalue weighted by Gasteiger charge is -2.25. The maximum Gasteiger partial charge on any atom is 0.500 e. The molecule has 27 heavy (non-hydrogen) atoms. The van der Waals surface area contributed by atoms with E-state index >= 15 is 0 Å². The second kappa shape index (κ2) is 10.2. The van der Waals surface area contributed by atoms with Crippen molar-refractivity contribution >= 4 is 20.4 Å². The second-order valence-electron chi connectivity index (χ2n) is 5.97. The summed E-state index contributed by atoms with van der Waals surface area (Å²) in [6, 6.07) is 16.1. The Bertz CT molecular complexity index is 745. The van der Waals surface area contributed by atoms with Crippen molar-refractivity contribution in [3.63, 3.8) is 0 Å². The predicted octanol–water partition coefficient (Wildman–Crippen LogP) is 2.70. The molecule has 0 bridgehead atoms. The van der Waals surface area contributed by atoms with Gasteiger partial charge in [0.15, 0.2) is 11.6 Å². The Kier molecular flexibility index (Phi) is 8.02. The average Bonchev–Trinajstić information content (AvgIpc) is 2.74. The number of Topliss-reactive ketones (excluding diaryl/α,β-unsaturated/α-hetero) is 1. The van der Waals surface area contributed by atoms with Gasteiger partial charge in [-0.1, -0.05) is 54.6 Å². The zero-order valence-electron chi connectivity index (χ0n) is 15.6. The second-order valence-corrected chi connectivity index (χ2v) is 8.94. The standard InChI is InChI=1S/C20H25NO5Si/c1-24-27(25-2,14-6-13-21)26-15-19(22)16-9-11-18(12-10-16)20(23)17-7-4-3-5-8-17/h3-5,7-12H,6,13-15,21H2,1-2H3. The SMILES string of the molecule is CO[Si](CCCN)(OC)OCC(=O)c1ccc(C(=O)c2ccccc2)cc1. The van der Waals surface area contributed by atoms with Crippen molar-refractivity contribution in [2.45, 2.75) is 12.5 Å². The molecule has 0 fully saturated rings. The number of carbonyl (C=O) groups is 2. The van der Waals surface area contributed by atoms with Crippen LogP contribution < -0.4 is 5.73 Å². The molecule has 0 aliphatic carbocycles. The molecule has 0 amide bonds. The van der Waals surface area contributed by atoms with E-state index in [0.29, 0.717) is 35.7 Å². The Morgan fingerprint density at radius 1 is 0.889 bits per heavy atom. The van der Waals surface area contributed by atoms with E-state index in [1.807, 2.05) is 18.2 Å². The number of carbonyl (C=O) groups excluding carboxylic acids is 2. The van der Waals surface area contributed by atoms with E-state index < -0.39 is 8.80 Å². The number of ketones is 2. The number of hydrogen-bond donors (Lipinski definition) is 1. The molecule has 0 aromatic heterocycles. The first-order valence-electron chi connectivity index (χ1n) is 8.72. The summed E-state index contributed by atoms with van der Waals surface area (Å²) in [6.45, 7) is 0.347. The van der Waals surface area contributed by atoms with Crippen molar-refractivity contribution in [1.82, 2.24) is 0 Å². The van der Waals surface area contributed by atoms with Crippen molar-refractivity contribution in [1.29, 1.82) is 0 Å². The van der Waals surface area contributed by atoms with Gasteiger partial charge in [0.25, 0.3) is 0 Å². The van der Waals surface area contributed by atoms with Crippen molar-refractivity contribution in [3.8, 4) is 0 Å². The Morgan fingerprint density at radius 3 is 2.00 bits per heavy atom. The maximum absolute atomic E-state index is 12.4. The van der Waals surface area contributed by atoms with E-state index in [9.17, 15) is 9.59 Å². The Labute approximate surface area is 160 Å².